The van der Waals surface area contributed by atoms with E-state index in [-0.39, 0.29) is 6.04 Å². The summed E-state index contributed by atoms with van der Waals surface area (Å²) in [5, 5.41) is 3.83. The van der Waals surface area contributed by atoms with Crippen molar-refractivity contribution in [2.75, 3.05) is 0 Å². The molecule has 1 unspecified atom stereocenters. The first-order valence-corrected chi connectivity index (χ1v) is 3.70. The number of rotatable bonds is 2. The van der Waals surface area contributed by atoms with Gasteiger partial charge in [-0.15, -0.1) is 11.7 Å². The zero-order valence-electron chi connectivity index (χ0n) is 5.74. The Kier molecular flexibility index (Phi) is 2.13. The summed E-state index contributed by atoms with van der Waals surface area (Å²) in [5.74, 6) is 0. The van der Waals surface area contributed by atoms with Crippen molar-refractivity contribution >= 4 is 11.5 Å². The van der Waals surface area contributed by atoms with Crippen molar-refractivity contribution in [3.05, 3.63) is 23.2 Å². The Morgan fingerprint density at radius 3 is 2.90 bits per heavy atom. The molecule has 0 aliphatic heterocycles. The van der Waals surface area contributed by atoms with Gasteiger partial charge in [-0.2, -0.15) is 0 Å². The third-order valence-corrected chi connectivity index (χ3v) is 2.17. The zero-order chi connectivity index (χ0) is 7.56. The standard InChI is InChI=1S/C6H9N3S/c1-3-5(7)6-4(2)8-9-10-6/h3,5H,1,7H2,2H3. The first-order chi connectivity index (χ1) is 4.75. The molecule has 0 radical (unpaired) electrons. The summed E-state index contributed by atoms with van der Waals surface area (Å²) in [6.07, 6.45) is 1.68. The van der Waals surface area contributed by atoms with Gasteiger partial charge in [0.2, 0.25) is 0 Å². The highest BCUT2D eigenvalue weighted by Crippen LogP contribution is 2.17. The van der Waals surface area contributed by atoms with Crippen LogP contribution < -0.4 is 5.73 Å². The molecule has 0 amide bonds. The van der Waals surface area contributed by atoms with Crippen molar-refractivity contribution < 1.29 is 0 Å². The minimum atomic E-state index is -0.111. The summed E-state index contributed by atoms with van der Waals surface area (Å²) >= 11 is 1.32. The molecular formula is C6H9N3S. The van der Waals surface area contributed by atoms with Crippen molar-refractivity contribution in [3.63, 3.8) is 0 Å². The highest BCUT2D eigenvalue weighted by Gasteiger charge is 2.07. The Labute approximate surface area is 63.7 Å². The number of hydrogen-bond donors (Lipinski definition) is 1. The third-order valence-electron chi connectivity index (χ3n) is 1.24. The summed E-state index contributed by atoms with van der Waals surface area (Å²) in [4.78, 5) is 0.995. The summed E-state index contributed by atoms with van der Waals surface area (Å²) in [6.45, 7) is 5.47. The predicted octanol–water partition coefficient (Wildman–Crippen LogP) is 1.03. The molecule has 1 aromatic rings. The van der Waals surface area contributed by atoms with Gasteiger partial charge in [-0.1, -0.05) is 10.6 Å². The minimum absolute atomic E-state index is 0.111. The topological polar surface area (TPSA) is 51.8 Å². The fourth-order valence-electron chi connectivity index (χ4n) is 0.650. The number of nitrogens with two attached hydrogens (primary N) is 1. The largest absolute Gasteiger partial charge is 0.320 e. The number of hydrogen-bond acceptors (Lipinski definition) is 4. The maximum atomic E-state index is 5.65. The third kappa shape index (κ3) is 1.22. The molecule has 10 heavy (non-hydrogen) atoms. The van der Waals surface area contributed by atoms with E-state index in [0.717, 1.165) is 10.6 Å². The molecule has 2 N–H and O–H groups in total. The van der Waals surface area contributed by atoms with E-state index in [4.69, 9.17) is 5.73 Å². The fourth-order valence-corrected chi connectivity index (χ4v) is 1.29. The molecule has 1 atom stereocenters. The maximum absolute atomic E-state index is 5.65. The van der Waals surface area contributed by atoms with Crippen LogP contribution in [0.3, 0.4) is 0 Å². The van der Waals surface area contributed by atoms with Crippen molar-refractivity contribution in [2.45, 2.75) is 13.0 Å². The molecule has 0 fully saturated rings. The second-order valence-electron chi connectivity index (χ2n) is 1.98. The number of aryl methyl sites for hydroxylation is 1. The molecule has 54 valence electrons. The Hall–Kier alpha value is -0.740. The lowest BCUT2D eigenvalue weighted by Crippen LogP contribution is -2.05. The predicted molar refractivity (Wildman–Crippen MR) is 41.8 cm³/mol. The summed E-state index contributed by atoms with van der Waals surface area (Å²) in [5.41, 5.74) is 6.55. The average Bonchev–Trinajstić information content (AvgIpc) is 2.34. The minimum Gasteiger partial charge on any atom is -0.320 e. The van der Waals surface area contributed by atoms with Gasteiger partial charge in [-0.05, 0) is 18.5 Å². The molecule has 0 spiro atoms. The molecule has 0 bridgehead atoms. The molecule has 0 saturated carbocycles. The van der Waals surface area contributed by atoms with Crippen LogP contribution in [0.4, 0.5) is 0 Å². The van der Waals surface area contributed by atoms with E-state index in [1.165, 1.54) is 11.5 Å². The van der Waals surface area contributed by atoms with Crippen LogP contribution >= 0.6 is 11.5 Å². The van der Waals surface area contributed by atoms with Crippen LogP contribution in [-0.2, 0) is 0 Å². The Morgan fingerprint density at radius 1 is 1.80 bits per heavy atom. The van der Waals surface area contributed by atoms with Gasteiger partial charge in [0.15, 0.2) is 0 Å². The van der Waals surface area contributed by atoms with E-state index in [0.29, 0.717) is 0 Å². The van der Waals surface area contributed by atoms with Gasteiger partial charge in [0.1, 0.15) is 0 Å². The lowest BCUT2D eigenvalue weighted by atomic mass is 10.2. The first-order valence-electron chi connectivity index (χ1n) is 2.92. The lowest BCUT2D eigenvalue weighted by molar-refractivity contribution is 0.914. The normalized spacial score (nSPS) is 13.0. The van der Waals surface area contributed by atoms with E-state index >= 15 is 0 Å². The van der Waals surface area contributed by atoms with E-state index < -0.39 is 0 Å². The summed E-state index contributed by atoms with van der Waals surface area (Å²) in [7, 11) is 0. The van der Waals surface area contributed by atoms with Gasteiger partial charge in [0.25, 0.3) is 0 Å². The molecule has 0 aromatic carbocycles. The van der Waals surface area contributed by atoms with E-state index in [1.54, 1.807) is 6.08 Å². The maximum Gasteiger partial charge on any atom is 0.0776 e. The number of aromatic nitrogens is 2. The van der Waals surface area contributed by atoms with Gasteiger partial charge in [-0.3, -0.25) is 0 Å². The Morgan fingerprint density at radius 2 is 2.50 bits per heavy atom. The molecule has 1 aromatic heterocycles. The van der Waals surface area contributed by atoms with Gasteiger partial charge < -0.3 is 5.73 Å². The van der Waals surface area contributed by atoms with Crippen LogP contribution in [0.1, 0.15) is 16.6 Å². The lowest BCUT2D eigenvalue weighted by Gasteiger charge is -1.99. The van der Waals surface area contributed by atoms with Crippen molar-refractivity contribution in [1.29, 1.82) is 0 Å². The van der Waals surface area contributed by atoms with E-state index in [2.05, 4.69) is 16.2 Å². The first kappa shape index (κ1) is 7.37. The Bertz CT molecular complexity index is 231. The second kappa shape index (κ2) is 2.90. The monoisotopic (exact) mass is 155 g/mol. The van der Waals surface area contributed by atoms with Crippen molar-refractivity contribution in [2.24, 2.45) is 5.73 Å². The SMILES string of the molecule is C=CC(N)c1snnc1C. The summed E-state index contributed by atoms with van der Waals surface area (Å²) in [6, 6.07) is -0.111. The summed E-state index contributed by atoms with van der Waals surface area (Å²) < 4.78 is 3.75. The molecular weight excluding hydrogens is 146 g/mol. The molecule has 4 heteroatoms. The van der Waals surface area contributed by atoms with Crippen LogP contribution in [0.5, 0.6) is 0 Å². The van der Waals surface area contributed by atoms with Crippen molar-refractivity contribution in [1.82, 2.24) is 9.59 Å². The molecule has 0 aliphatic rings. The van der Waals surface area contributed by atoms with Gasteiger partial charge >= 0.3 is 0 Å². The van der Waals surface area contributed by atoms with Gasteiger partial charge in [-0.25, -0.2) is 0 Å². The van der Waals surface area contributed by atoms with Crippen LogP contribution in [-0.4, -0.2) is 9.59 Å². The fraction of sp³-hybridized carbons (Fsp3) is 0.333. The van der Waals surface area contributed by atoms with Crippen LogP contribution in [0, 0.1) is 6.92 Å². The zero-order valence-corrected chi connectivity index (χ0v) is 6.56. The van der Waals surface area contributed by atoms with Crippen LogP contribution in [0.2, 0.25) is 0 Å². The molecule has 0 aliphatic carbocycles. The molecule has 1 heterocycles. The quantitative estimate of drug-likeness (QED) is 0.649. The van der Waals surface area contributed by atoms with E-state index in [1.807, 2.05) is 6.92 Å². The second-order valence-corrected chi connectivity index (χ2v) is 2.77. The average molecular weight is 155 g/mol. The highest BCUT2D eigenvalue weighted by atomic mass is 32.1. The molecule has 1 rings (SSSR count). The van der Waals surface area contributed by atoms with Crippen LogP contribution in [0.25, 0.3) is 0 Å². The highest BCUT2D eigenvalue weighted by molar-refractivity contribution is 7.05. The molecule has 3 nitrogen and oxygen atoms in total. The molecule has 0 saturated heterocycles. The smallest absolute Gasteiger partial charge is 0.0776 e. The van der Waals surface area contributed by atoms with Gasteiger partial charge in [0, 0.05) is 0 Å². The Balaban J connectivity index is 2.92. The number of nitrogens with zero attached hydrogens (tertiary/aromatic N) is 2. The van der Waals surface area contributed by atoms with Crippen molar-refractivity contribution in [3.8, 4) is 0 Å². The van der Waals surface area contributed by atoms with Crippen LogP contribution in [0.15, 0.2) is 12.7 Å². The van der Waals surface area contributed by atoms with Gasteiger partial charge in [0.05, 0.1) is 16.6 Å². The van der Waals surface area contributed by atoms with E-state index in [9.17, 15) is 0 Å².